The van der Waals surface area contributed by atoms with E-state index in [-0.39, 0.29) is 24.0 Å². The molecule has 3 rings (SSSR count). The third-order valence-electron chi connectivity index (χ3n) is 5.40. The molecule has 1 amide bonds. The van der Waals surface area contributed by atoms with Gasteiger partial charge in [-0.05, 0) is 30.0 Å². The van der Waals surface area contributed by atoms with Crippen LogP contribution in [0.15, 0.2) is 40.1 Å². The number of hydrogen-bond acceptors (Lipinski definition) is 6. The Balaban J connectivity index is 1.81. The summed E-state index contributed by atoms with van der Waals surface area (Å²) >= 11 is 0. The predicted octanol–water partition coefficient (Wildman–Crippen LogP) is 0.895. The number of nitrogens with one attached hydrogen (secondary N) is 1. The van der Waals surface area contributed by atoms with Crippen LogP contribution >= 0.6 is 0 Å². The van der Waals surface area contributed by atoms with E-state index in [2.05, 4.69) is 26.1 Å². The summed E-state index contributed by atoms with van der Waals surface area (Å²) in [5.41, 5.74) is 0.622. The number of hydrogen-bond donors (Lipinski definition) is 3. The minimum absolute atomic E-state index is 0.0204. The van der Waals surface area contributed by atoms with Gasteiger partial charge in [0.2, 0.25) is 5.91 Å². The molecule has 3 N–H and O–H groups in total. The molecule has 2 aromatic rings. The lowest BCUT2D eigenvalue weighted by molar-refractivity contribution is -0.116. The van der Waals surface area contributed by atoms with Crippen molar-refractivity contribution in [3.05, 3.63) is 62.4 Å². The quantitative estimate of drug-likeness (QED) is 0.646. The van der Waals surface area contributed by atoms with Crippen LogP contribution in [0.4, 0.5) is 5.69 Å². The van der Waals surface area contributed by atoms with Crippen molar-refractivity contribution in [3.63, 3.8) is 0 Å². The zero-order chi connectivity index (χ0) is 22.9. The summed E-state index contributed by atoms with van der Waals surface area (Å²) in [4.78, 5) is 38.0. The lowest BCUT2D eigenvalue weighted by Gasteiger charge is -2.19. The lowest BCUT2D eigenvalue weighted by Crippen LogP contribution is -2.44. The molecule has 9 nitrogen and oxygen atoms in total. The van der Waals surface area contributed by atoms with Gasteiger partial charge < -0.3 is 20.3 Å². The molecule has 168 valence electrons. The van der Waals surface area contributed by atoms with E-state index in [1.807, 2.05) is 12.1 Å². The molecule has 9 heteroatoms. The summed E-state index contributed by atoms with van der Waals surface area (Å²) < 4.78 is 7.55. The van der Waals surface area contributed by atoms with Crippen molar-refractivity contribution in [1.82, 2.24) is 9.13 Å². The van der Waals surface area contributed by atoms with E-state index in [1.165, 1.54) is 17.7 Å². The maximum Gasteiger partial charge on any atom is 0.333 e. The first-order valence-electron chi connectivity index (χ1n) is 10.2. The van der Waals surface area contributed by atoms with Gasteiger partial charge in [-0.2, -0.15) is 0 Å². The molecule has 0 spiro atoms. The van der Waals surface area contributed by atoms with Crippen LogP contribution in [-0.4, -0.2) is 44.1 Å². The third-order valence-corrected chi connectivity index (χ3v) is 5.40. The highest BCUT2D eigenvalue weighted by molar-refractivity contribution is 5.90. The molecule has 1 aromatic heterocycles. The smallest absolute Gasteiger partial charge is 0.333 e. The Bertz CT molecular complexity index is 1060. The number of aromatic nitrogens is 2. The Hall–Kier alpha value is -2.75. The molecular formula is C22H29N3O6. The molecule has 0 bridgehead atoms. The van der Waals surface area contributed by atoms with Crippen LogP contribution in [0.1, 0.15) is 44.5 Å². The van der Waals surface area contributed by atoms with Crippen molar-refractivity contribution >= 4 is 11.6 Å². The summed E-state index contributed by atoms with van der Waals surface area (Å²) in [6, 6.07) is 7.39. The van der Waals surface area contributed by atoms with Crippen LogP contribution in [0.3, 0.4) is 0 Å². The number of carbonyl (C=O) groups excluding carboxylic acids is 1. The van der Waals surface area contributed by atoms with Crippen molar-refractivity contribution in [2.75, 3.05) is 11.9 Å². The Morgan fingerprint density at radius 1 is 1.23 bits per heavy atom. The largest absolute Gasteiger partial charge is 0.394 e. The molecule has 0 aliphatic carbocycles. The van der Waals surface area contributed by atoms with Crippen LogP contribution in [-0.2, 0) is 21.5 Å². The van der Waals surface area contributed by atoms with E-state index in [0.29, 0.717) is 5.69 Å². The molecule has 0 unspecified atom stereocenters. The van der Waals surface area contributed by atoms with Gasteiger partial charge in [0.05, 0.1) is 12.7 Å². The molecule has 1 aliphatic heterocycles. The summed E-state index contributed by atoms with van der Waals surface area (Å²) in [7, 11) is 0. The summed E-state index contributed by atoms with van der Waals surface area (Å²) in [6.07, 6.45) is -1.13. The number of benzene rings is 1. The van der Waals surface area contributed by atoms with Crippen LogP contribution in [0.5, 0.6) is 0 Å². The minimum Gasteiger partial charge on any atom is -0.394 e. The third kappa shape index (κ3) is 4.95. The summed E-state index contributed by atoms with van der Waals surface area (Å²) in [6.45, 7) is 6.95. The highest BCUT2D eigenvalue weighted by Crippen LogP contribution is 2.27. The Labute approximate surface area is 179 Å². The molecule has 2 heterocycles. The van der Waals surface area contributed by atoms with Crippen LogP contribution in [0.25, 0.3) is 0 Å². The van der Waals surface area contributed by atoms with E-state index in [4.69, 9.17) is 4.74 Å². The van der Waals surface area contributed by atoms with Crippen LogP contribution < -0.4 is 16.6 Å². The van der Waals surface area contributed by atoms with Crippen molar-refractivity contribution in [2.24, 2.45) is 0 Å². The molecule has 3 atom stereocenters. The van der Waals surface area contributed by atoms with Gasteiger partial charge in [-0.1, -0.05) is 32.9 Å². The molecule has 1 fully saturated rings. The second kappa shape index (κ2) is 8.78. The van der Waals surface area contributed by atoms with Gasteiger partial charge in [0.15, 0.2) is 0 Å². The van der Waals surface area contributed by atoms with Gasteiger partial charge >= 0.3 is 5.69 Å². The zero-order valence-electron chi connectivity index (χ0n) is 18.2. The molecule has 1 aromatic carbocycles. The fourth-order valence-electron chi connectivity index (χ4n) is 3.55. The molecule has 31 heavy (non-hydrogen) atoms. The number of rotatable bonds is 5. The molecule has 0 radical (unpaired) electrons. The number of anilines is 1. The fourth-order valence-corrected chi connectivity index (χ4v) is 3.55. The van der Waals surface area contributed by atoms with Crippen LogP contribution in [0.2, 0.25) is 0 Å². The first kappa shape index (κ1) is 22.9. The van der Waals surface area contributed by atoms with E-state index in [1.54, 1.807) is 12.1 Å². The Morgan fingerprint density at radius 3 is 2.42 bits per heavy atom. The van der Waals surface area contributed by atoms with E-state index < -0.39 is 42.1 Å². The van der Waals surface area contributed by atoms with Gasteiger partial charge in [-0.15, -0.1) is 0 Å². The maximum atomic E-state index is 12.9. The van der Waals surface area contributed by atoms with E-state index >= 15 is 0 Å². The highest BCUT2D eigenvalue weighted by Gasteiger charge is 2.35. The number of aliphatic hydroxyl groups is 2. The maximum absolute atomic E-state index is 12.9. The van der Waals surface area contributed by atoms with E-state index in [9.17, 15) is 24.6 Å². The normalized spacial score (nSPS) is 21.3. The predicted molar refractivity (Wildman–Crippen MR) is 115 cm³/mol. The Kier molecular flexibility index (Phi) is 6.49. The number of amides is 1. The first-order chi connectivity index (χ1) is 14.5. The summed E-state index contributed by atoms with van der Waals surface area (Å²) in [5, 5.41) is 21.9. The molecule has 1 saturated heterocycles. The lowest BCUT2D eigenvalue weighted by atomic mass is 9.87. The Morgan fingerprint density at radius 2 is 1.87 bits per heavy atom. The number of aliphatic hydroxyl groups excluding tert-OH is 2. The van der Waals surface area contributed by atoms with Gasteiger partial charge in [0, 0.05) is 23.9 Å². The first-order valence-corrected chi connectivity index (χ1v) is 10.2. The van der Waals surface area contributed by atoms with Gasteiger partial charge in [-0.3, -0.25) is 18.7 Å². The van der Waals surface area contributed by atoms with Crippen molar-refractivity contribution in [2.45, 2.75) is 64.5 Å². The standard InChI is InChI=1S/C22H29N3O6/c1-13-10-24(19-9-16(27)17(12-26)31-19)21(30)25(20(13)29)11-18(28)23-15-7-5-14(6-8-15)22(2,3)4/h5-8,10,16-17,19,26-27H,9,11-12H2,1-4H3,(H,23,28)/t16-,17+,19-/m0/s1. The second-order valence-electron chi connectivity index (χ2n) is 8.88. The second-order valence-corrected chi connectivity index (χ2v) is 8.88. The average molecular weight is 431 g/mol. The SMILES string of the molecule is Cc1cn([C@@H]2C[C@H](O)[C@@H](CO)O2)c(=O)n(CC(=O)Nc2ccc(C(C)(C)C)cc2)c1=O. The van der Waals surface area contributed by atoms with Crippen molar-refractivity contribution in [1.29, 1.82) is 0 Å². The number of ether oxygens (including phenoxy) is 1. The number of nitrogens with zero attached hydrogens (tertiary/aromatic N) is 2. The minimum atomic E-state index is -0.929. The summed E-state index contributed by atoms with van der Waals surface area (Å²) in [5.74, 6) is -0.513. The van der Waals surface area contributed by atoms with Gasteiger partial charge in [0.25, 0.3) is 5.56 Å². The highest BCUT2D eigenvalue weighted by atomic mass is 16.5. The molecule has 1 aliphatic rings. The monoisotopic (exact) mass is 431 g/mol. The molecular weight excluding hydrogens is 402 g/mol. The fraction of sp³-hybridized carbons (Fsp3) is 0.500. The van der Waals surface area contributed by atoms with Crippen LogP contribution in [0, 0.1) is 6.92 Å². The average Bonchev–Trinajstić information content (AvgIpc) is 3.08. The van der Waals surface area contributed by atoms with E-state index in [0.717, 1.165) is 10.1 Å². The number of aryl methyl sites for hydroxylation is 1. The zero-order valence-corrected chi connectivity index (χ0v) is 18.2. The topological polar surface area (TPSA) is 123 Å². The number of carbonyl (C=O) groups is 1. The van der Waals surface area contributed by atoms with Gasteiger partial charge in [0.1, 0.15) is 18.9 Å². The molecule has 0 saturated carbocycles. The van der Waals surface area contributed by atoms with Crippen molar-refractivity contribution in [3.8, 4) is 0 Å². The van der Waals surface area contributed by atoms with Gasteiger partial charge in [-0.25, -0.2) is 4.79 Å². The van der Waals surface area contributed by atoms with Crippen molar-refractivity contribution < 1.29 is 19.7 Å².